The number of thioether (sulfide) groups is 1. The first-order chi connectivity index (χ1) is 15.4. The van der Waals surface area contributed by atoms with Crippen molar-refractivity contribution in [2.75, 3.05) is 12.0 Å². The minimum absolute atomic E-state index is 0.321. The van der Waals surface area contributed by atoms with Gasteiger partial charge in [0.25, 0.3) is 11.1 Å². The van der Waals surface area contributed by atoms with Crippen molar-refractivity contribution in [2.24, 2.45) is 0 Å². The molecular weight excluding hydrogens is 469 g/mol. The molecule has 3 aromatic carbocycles. The van der Waals surface area contributed by atoms with Gasteiger partial charge in [-0.2, -0.15) is 0 Å². The Kier molecular flexibility index (Phi) is 6.74. The Hall–Kier alpha value is -2.93. The van der Waals surface area contributed by atoms with Crippen molar-refractivity contribution in [1.82, 2.24) is 0 Å². The topological polar surface area (TPSA) is 55.8 Å². The zero-order valence-electron chi connectivity index (χ0n) is 16.9. The van der Waals surface area contributed by atoms with Crippen molar-refractivity contribution in [3.63, 3.8) is 0 Å². The second-order valence-electron chi connectivity index (χ2n) is 6.82. The SMILES string of the molecule is COc1cc(C=C2SC(=O)N(c3ccc(Cl)cc3)C2=O)ccc1OCc1ccc(Cl)cc1. The molecule has 0 spiro atoms. The number of imide groups is 1. The van der Waals surface area contributed by atoms with E-state index in [1.165, 1.54) is 0 Å². The van der Waals surface area contributed by atoms with Crippen molar-refractivity contribution < 1.29 is 19.1 Å². The molecule has 1 saturated heterocycles. The molecule has 0 unspecified atom stereocenters. The van der Waals surface area contributed by atoms with Crippen LogP contribution in [0, 0.1) is 0 Å². The first-order valence-electron chi connectivity index (χ1n) is 9.53. The van der Waals surface area contributed by atoms with E-state index in [0.717, 1.165) is 22.2 Å². The minimum Gasteiger partial charge on any atom is -0.493 e. The fraction of sp³-hybridized carbons (Fsp3) is 0.0833. The van der Waals surface area contributed by atoms with Gasteiger partial charge >= 0.3 is 0 Å². The van der Waals surface area contributed by atoms with Crippen LogP contribution in [0.2, 0.25) is 10.0 Å². The lowest BCUT2D eigenvalue weighted by Gasteiger charge is -2.12. The summed E-state index contributed by atoms with van der Waals surface area (Å²) in [6, 6.07) is 19.3. The molecule has 32 heavy (non-hydrogen) atoms. The molecule has 0 radical (unpaired) electrons. The molecular formula is C24H17Cl2NO4S. The van der Waals surface area contributed by atoms with Crippen LogP contribution in [-0.4, -0.2) is 18.3 Å². The van der Waals surface area contributed by atoms with Gasteiger partial charge in [-0.05, 0) is 77.5 Å². The summed E-state index contributed by atoms with van der Waals surface area (Å²) in [5.74, 6) is 0.697. The van der Waals surface area contributed by atoms with E-state index in [4.69, 9.17) is 32.7 Å². The Bertz CT molecular complexity index is 1190. The molecule has 1 heterocycles. The molecule has 4 rings (SSSR count). The third-order valence-corrected chi connectivity index (χ3v) is 6.05. The number of anilines is 1. The minimum atomic E-state index is -0.385. The van der Waals surface area contributed by atoms with Gasteiger partial charge in [-0.1, -0.05) is 41.4 Å². The van der Waals surface area contributed by atoms with Gasteiger partial charge in [0.15, 0.2) is 11.5 Å². The fourth-order valence-corrected chi connectivity index (χ4v) is 4.16. The van der Waals surface area contributed by atoms with Crippen LogP contribution in [0.4, 0.5) is 10.5 Å². The second-order valence-corrected chi connectivity index (χ2v) is 8.69. The summed E-state index contributed by atoms with van der Waals surface area (Å²) in [7, 11) is 1.54. The number of nitrogens with zero attached hydrogens (tertiary/aromatic N) is 1. The zero-order chi connectivity index (χ0) is 22.7. The monoisotopic (exact) mass is 485 g/mol. The summed E-state index contributed by atoms with van der Waals surface area (Å²) < 4.78 is 11.3. The summed E-state index contributed by atoms with van der Waals surface area (Å²) in [6.07, 6.45) is 1.66. The molecule has 1 fully saturated rings. The van der Waals surface area contributed by atoms with Crippen LogP contribution in [0.5, 0.6) is 11.5 Å². The maximum Gasteiger partial charge on any atom is 0.298 e. The maximum atomic E-state index is 12.8. The summed E-state index contributed by atoms with van der Waals surface area (Å²) >= 11 is 12.7. The van der Waals surface area contributed by atoms with E-state index in [0.29, 0.717) is 44.3 Å². The molecule has 1 aliphatic rings. The molecule has 0 aromatic heterocycles. The summed E-state index contributed by atoms with van der Waals surface area (Å²) in [6.45, 7) is 0.354. The number of rotatable bonds is 6. The molecule has 0 aliphatic carbocycles. The molecule has 162 valence electrons. The number of hydrogen-bond donors (Lipinski definition) is 0. The fourth-order valence-electron chi connectivity index (χ4n) is 3.07. The first kappa shape index (κ1) is 22.3. The largest absolute Gasteiger partial charge is 0.493 e. The van der Waals surface area contributed by atoms with Crippen LogP contribution >= 0.6 is 35.0 Å². The van der Waals surface area contributed by atoms with Gasteiger partial charge in [-0.3, -0.25) is 9.59 Å². The highest BCUT2D eigenvalue weighted by Crippen LogP contribution is 2.37. The Balaban J connectivity index is 1.52. The normalized spacial score (nSPS) is 14.8. The Morgan fingerprint density at radius 1 is 0.906 bits per heavy atom. The van der Waals surface area contributed by atoms with Gasteiger partial charge < -0.3 is 9.47 Å². The van der Waals surface area contributed by atoms with E-state index in [1.807, 2.05) is 12.1 Å². The van der Waals surface area contributed by atoms with Gasteiger partial charge in [0.1, 0.15) is 6.61 Å². The van der Waals surface area contributed by atoms with E-state index >= 15 is 0 Å². The highest BCUT2D eigenvalue weighted by molar-refractivity contribution is 8.19. The average molecular weight is 486 g/mol. The highest BCUT2D eigenvalue weighted by atomic mass is 35.5. The predicted molar refractivity (Wildman–Crippen MR) is 129 cm³/mol. The van der Waals surface area contributed by atoms with Crippen molar-refractivity contribution in [3.8, 4) is 11.5 Å². The number of carbonyl (C=O) groups excluding carboxylic acids is 2. The highest BCUT2D eigenvalue weighted by Gasteiger charge is 2.36. The third-order valence-electron chi connectivity index (χ3n) is 4.67. The molecule has 3 aromatic rings. The van der Waals surface area contributed by atoms with E-state index in [9.17, 15) is 9.59 Å². The molecule has 0 saturated carbocycles. The standard InChI is InChI=1S/C24H17Cl2NO4S/c1-30-21-12-16(4-11-20(21)31-14-15-2-5-17(25)6-3-15)13-22-23(28)27(24(29)32-22)19-9-7-18(26)8-10-19/h2-13H,14H2,1H3. The number of benzene rings is 3. The van der Waals surface area contributed by atoms with Gasteiger partial charge in [0.05, 0.1) is 17.7 Å². The van der Waals surface area contributed by atoms with Crippen molar-refractivity contribution in [1.29, 1.82) is 0 Å². The van der Waals surface area contributed by atoms with E-state index in [2.05, 4.69) is 0 Å². The summed E-state index contributed by atoms with van der Waals surface area (Å²) in [5.41, 5.74) is 2.16. The Labute approximate surface area is 199 Å². The lowest BCUT2D eigenvalue weighted by atomic mass is 10.1. The van der Waals surface area contributed by atoms with Crippen molar-refractivity contribution >= 4 is 57.9 Å². The summed E-state index contributed by atoms with van der Waals surface area (Å²) in [4.78, 5) is 26.7. The van der Waals surface area contributed by atoms with E-state index < -0.39 is 0 Å². The van der Waals surface area contributed by atoms with Gasteiger partial charge in [0.2, 0.25) is 0 Å². The lowest BCUT2D eigenvalue weighted by molar-refractivity contribution is -0.113. The van der Waals surface area contributed by atoms with Crippen LogP contribution in [0.15, 0.2) is 71.6 Å². The molecule has 8 heteroatoms. The van der Waals surface area contributed by atoms with Crippen molar-refractivity contribution in [3.05, 3.63) is 92.8 Å². The number of methoxy groups -OCH3 is 1. The van der Waals surface area contributed by atoms with Crippen LogP contribution in [0.1, 0.15) is 11.1 Å². The molecule has 0 bridgehead atoms. The molecule has 1 aliphatic heterocycles. The zero-order valence-corrected chi connectivity index (χ0v) is 19.2. The van der Waals surface area contributed by atoms with Crippen molar-refractivity contribution in [2.45, 2.75) is 6.61 Å². The predicted octanol–water partition coefficient (Wildman–Crippen LogP) is 6.82. The Morgan fingerprint density at radius 3 is 2.22 bits per heavy atom. The maximum absolute atomic E-state index is 12.8. The molecule has 5 nitrogen and oxygen atoms in total. The second kappa shape index (κ2) is 9.69. The molecule has 0 N–H and O–H groups in total. The molecule has 0 atom stereocenters. The van der Waals surface area contributed by atoms with Crippen LogP contribution < -0.4 is 14.4 Å². The van der Waals surface area contributed by atoms with Crippen LogP contribution in [-0.2, 0) is 11.4 Å². The van der Waals surface area contributed by atoms with Gasteiger partial charge in [0, 0.05) is 10.0 Å². The Morgan fingerprint density at radius 2 is 1.56 bits per heavy atom. The number of hydrogen-bond acceptors (Lipinski definition) is 5. The smallest absolute Gasteiger partial charge is 0.298 e. The number of halogens is 2. The lowest BCUT2D eigenvalue weighted by Crippen LogP contribution is -2.27. The van der Waals surface area contributed by atoms with Gasteiger partial charge in [-0.25, -0.2) is 4.90 Å². The summed E-state index contributed by atoms with van der Waals surface area (Å²) in [5, 5.41) is 0.830. The van der Waals surface area contributed by atoms with Gasteiger partial charge in [-0.15, -0.1) is 0 Å². The van der Waals surface area contributed by atoms with Crippen LogP contribution in [0.3, 0.4) is 0 Å². The van der Waals surface area contributed by atoms with E-state index in [-0.39, 0.29) is 11.1 Å². The van der Waals surface area contributed by atoms with E-state index in [1.54, 1.807) is 67.8 Å². The number of amides is 2. The first-order valence-corrected chi connectivity index (χ1v) is 11.1. The van der Waals surface area contributed by atoms with Crippen LogP contribution in [0.25, 0.3) is 6.08 Å². The third kappa shape index (κ3) is 4.93. The molecule has 2 amide bonds. The quantitative estimate of drug-likeness (QED) is 0.358. The number of ether oxygens (including phenoxy) is 2. The average Bonchev–Trinajstić information content (AvgIpc) is 3.07. The number of carbonyl (C=O) groups is 2.